The molecule has 100 valence electrons. The van der Waals surface area contributed by atoms with Gasteiger partial charge in [-0.2, -0.15) is 0 Å². The van der Waals surface area contributed by atoms with E-state index in [2.05, 4.69) is 0 Å². The highest BCUT2D eigenvalue weighted by atomic mass is 16.5. The molecule has 2 heteroatoms. The Balaban J connectivity index is 2.06. The molecule has 0 heterocycles. The van der Waals surface area contributed by atoms with Gasteiger partial charge in [-0.3, -0.25) is 0 Å². The lowest BCUT2D eigenvalue weighted by atomic mass is 9.83. The molecule has 0 spiro atoms. The highest BCUT2D eigenvalue weighted by Gasteiger charge is 2.23. The fourth-order valence-electron chi connectivity index (χ4n) is 2.77. The van der Waals surface area contributed by atoms with E-state index < -0.39 is 0 Å². The molecule has 1 unspecified atom stereocenters. The zero-order valence-corrected chi connectivity index (χ0v) is 11.4. The third kappa shape index (κ3) is 3.49. The molecule has 0 radical (unpaired) electrons. The van der Waals surface area contributed by atoms with Gasteiger partial charge >= 0.3 is 0 Å². The van der Waals surface area contributed by atoms with Crippen molar-refractivity contribution in [3.05, 3.63) is 29.8 Å². The van der Waals surface area contributed by atoms with Gasteiger partial charge in [0.05, 0.1) is 12.2 Å². The van der Waals surface area contributed by atoms with E-state index in [1.807, 2.05) is 38.1 Å². The molecular formula is C16H24O2. The summed E-state index contributed by atoms with van der Waals surface area (Å²) in [6.45, 7) is 4.04. The molecule has 18 heavy (non-hydrogen) atoms. The van der Waals surface area contributed by atoms with Crippen LogP contribution in [-0.4, -0.2) is 11.2 Å². The van der Waals surface area contributed by atoms with Crippen molar-refractivity contribution in [2.24, 2.45) is 5.92 Å². The standard InChI is InChI=1S/C16H24O2/c1-12(2)18-15-10-6-9-14(11-15)16(17)13-7-4-3-5-8-13/h6,9-13,16-17H,3-5,7-8H2,1-2H3. The summed E-state index contributed by atoms with van der Waals surface area (Å²) >= 11 is 0. The summed E-state index contributed by atoms with van der Waals surface area (Å²) < 4.78 is 5.68. The molecule has 0 amide bonds. The SMILES string of the molecule is CC(C)Oc1cccc(C(O)C2CCCCC2)c1. The highest BCUT2D eigenvalue weighted by molar-refractivity contribution is 5.30. The average molecular weight is 248 g/mol. The summed E-state index contributed by atoms with van der Waals surface area (Å²) in [5, 5.41) is 10.4. The maximum Gasteiger partial charge on any atom is 0.120 e. The minimum Gasteiger partial charge on any atom is -0.491 e. The molecule has 1 aliphatic rings. The summed E-state index contributed by atoms with van der Waals surface area (Å²) in [7, 11) is 0. The first-order valence-corrected chi connectivity index (χ1v) is 7.11. The van der Waals surface area contributed by atoms with Gasteiger partial charge in [0, 0.05) is 0 Å². The molecular weight excluding hydrogens is 224 g/mol. The Morgan fingerprint density at radius 2 is 1.89 bits per heavy atom. The van der Waals surface area contributed by atoms with Crippen molar-refractivity contribution < 1.29 is 9.84 Å². The molecule has 1 aliphatic carbocycles. The van der Waals surface area contributed by atoms with E-state index >= 15 is 0 Å². The van der Waals surface area contributed by atoms with Crippen LogP contribution in [0.3, 0.4) is 0 Å². The molecule has 0 saturated heterocycles. The largest absolute Gasteiger partial charge is 0.491 e. The second-order valence-electron chi connectivity index (χ2n) is 5.58. The van der Waals surface area contributed by atoms with Crippen molar-refractivity contribution >= 4 is 0 Å². The number of ether oxygens (including phenoxy) is 1. The van der Waals surface area contributed by atoms with Gasteiger partial charge in [0.1, 0.15) is 5.75 Å². The van der Waals surface area contributed by atoms with Gasteiger partial charge in [0.15, 0.2) is 0 Å². The first-order chi connectivity index (χ1) is 8.66. The van der Waals surface area contributed by atoms with Crippen molar-refractivity contribution in [2.45, 2.75) is 58.2 Å². The Morgan fingerprint density at radius 1 is 1.17 bits per heavy atom. The Kier molecular flexibility index (Phi) is 4.65. The predicted octanol–water partition coefficient (Wildman–Crippen LogP) is 4.09. The molecule has 1 aromatic carbocycles. The van der Waals surface area contributed by atoms with Crippen molar-refractivity contribution in [3.8, 4) is 5.75 Å². The molecule has 1 fully saturated rings. The van der Waals surface area contributed by atoms with Gasteiger partial charge in [-0.15, -0.1) is 0 Å². The van der Waals surface area contributed by atoms with Crippen LogP contribution >= 0.6 is 0 Å². The number of rotatable bonds is 4. The third-order valence-corrected chi connectivity index (χ3v) is 3.67. The van der Waals surface area contributed by atoms with Crippen LogP contribution in [0.15, 0.2) is 24.3 Å². The summed E-state index contributed by atoms with van der Waals surface area (Å²) in [5.74, 6) is 1.28. The Hall–Kier alpha value is -1.02. The van der Waals surface area contributed by atoms with Gasteiger partial charge in [0.2, 0.25) is 0 Å². The monoisotopic (exact) mass is 248 g/mol. The Morgan fingerprint density at radius 3 is 2.56 bits per heavy atom. The number of benzene rings is 1. The van der Waals surface area contributed by atoms with Crippen molar-refractivity contribution in [1.82, 2.24) is 0 Å². The first-order valence-electron chi connectivity index (χ1n) is 7.11. The summed E-state index contributed by atoms with van der Waals surface area (Å²) in [6, 6.07) is 7.92. The lowest BCUT2D eigenvalue weighted by Gasteiger charge is -2.27. The van der Waals surface area contributed by atoms with Gasteiger partial charge in [-0.25, -0.2) is 0 Å². The fourth-order valence-corrected chi connectivity index (χ4v) is 2.77. The number of aliphatic hydroxyl groups excluding tert-OH is 1. The lowest BCUT2D eigenvalue weighted by Crippen LogP contribution is -2.16. The Labute approximate surface area is 110 Å². The minimum absolute atomic E-state index is 0.173. The van der Waals surface area contributed by atoms with Crippen LogP contribution in [0.2, 0.25) is 0 Å². The maximum absolute atomic E-state index is 10.4. The molecule has 2 rings (SSSR count). The lowest BCUT2D eigenvalue weighted by molar-refractivity contribution is 0.0844. The molecule has 2 nitrogen and oxygen atoms in total. The normalized spacial score (nSPS) is 18.9. The molecule has 1 aromatic rings. The second-order valence-corrected chi connectivity index (χ2v) is 5.58. The van der Waals surface area contributed by atoms with Crippen LogP contribution in [0.1, 0.15) is 57.6 Å². The Bertz CT molecular complexity index is 367. The van der Waals surface area contributed by atoms with Crippen molar-refractivity contribution in [3.63, 3.8) is 0 Å². The van der Waals surface area contributed by atoms with Crippen molar-refractivity contribution in [1.29, 1.82) is 0 Å². The van der Waals surface area contributed by atoms with E-state index in [1.54, 1.807) is 0 Å². The zero-order chi connectivity index (χ0) is 13.0. The summed E-state index contributed by atoms with van der Waals surface area (Å²) in [4.78, 5) is 0. The van der Waals surface area contributed by atoms with E-state index in [0.29, 0.717) is 5.92 Å². The van der Waals surface area contributed by atoms with E-state index in [-0.39, 0.29) is 12.2 Å². The van der Waals surface area contributed by atoms with Gasteiger partial charge in [-0.1, -0.05) is 31.4 Å². The van der Waals surface area contributed by atoms with Crippen LogP contribution in [-0.2, 0) is 0 Å². The van der Waals surface area contributed by atoms with Crippen molar-refractivity contribution in [2.75, 3.05) is 0 Å². The maximum atomic E-state index is 10.4. The number of hydrogen-bond donors (Lipinski definition) is 1. The molecule has 0 aromatic heterocycles. The van der Waals surface area contributed by atoms with Crippen LogP contribution < -0.4 is 4.74 Å². The highest BCUT2D eigenvalue weighted by Crippen LogP contribution is 2.35. The van der Waals surface area contributed by atoms with Gasteiger partial charge < -0.3 is 9.84 Å². The van der Waals surface area contributed by atoms with E-state index in [1.165, 1.54) is 19.3 Å². The smallest absolute Gasteiger partial charge is 0.120 e. The topological polar surface area (TPSA) is 29.5 Å². The molecule has 1 N–H and O–H groups in total. The predicted molar refractivity (Wildman–Crippen MR) is 73.7 cm³/mol. The van der Waals surface area contributed by atoms with Gasteiger partial charge in [0.25, 0.3) is 0 Å². The first kappa shape index (κ1) is 13.4. The summed E-state index contributed by atoms with van der Waals surface area (Å²) in [5.41, 5.74) is 1.00. The zero-order valence-electron chi connectivity index (χ0n) is 11.4. The van der Waals surface area contributed by atoms with Crippen LogP contribution in [0.25, 0.3) is 0 Å². The quantitative estimate of drug-likeness (QED) is 0.869. The molecule has 1 saturated carbocycles. The number of hydrogen-bond acceptors (Lipinski definition) is 2. The average Bonchev–Trinajstić information content (AvgIpc) is 2.38. The summed E-state index contributed by atoms with van der Waals surface area (Å²) in [6.07, 6.45) is 5.97. The van der Waals surface area contributed by atoms with E-state index in [0.717, 1.165) is 24.2 Å². The van der Waals surface area contributed by atoms with Crippen LogP contribution in [0, 0.1) is 5.92 Å². The molecule has 0 bridgehead atoms. The fraction of sp³-hybridized carbons (Fsp3) is 0.625. The number of aliphatic hydroxyl groups is 1. The van der Waals surface area contributed by atoms with Crippen LogP contribution in [0.4, 0.5) is 0 Å². The minimum atomic E-state index is -0.332. The molecule has 1 atom stereocenters. The van der Waals surface area contributed by atoms with E-state index in [9.17, 15) is 5.11 Å². The third-order valence-electron chi connectivity index (χ3n) is 3.67. The second kappa shape index (κ2) is 6.24. The molecule has 0 aliphatic heterocycles. The van der Waals surface area contributed by atoms with Crippen LogP contribution in [0.5, 0.6) is 5.75 Å². The van der Waals surface area contributed by atoms with E-state index in [4.69, 9.17) is 4.74 Å². The van der Waals surface area contributed by atoms with Gasteiger partial charge in [-0.05, 0) is 50.3 Å².